The van der Waals surface area contributed by atoms with Crippen molar-refractivity contribution in [3.05, 3.63) is 93.5 Å². The molecule has 1 amide bonds. The van der Waals surface area contributed by atoms with E-state index >= 15 is 0 Å². The normalized spacial score (nSPS) is 11.6. The summed E-state index contributed by atoms with van der Waals surface area (Å²) in [6.07, 6.45) is 0. The third kappa shape index (κ3) is 5.63. The number of hydrogen-bond donors (Lipinski definition) is 1. The van der Waals surface area contributed by atoms with E-state index in [4.69, 9.17) is 23.2 Å². The van der Waals surface area contributed by atoms with Crippen molar-refractivity contribution in [3.8, 4) is 0 Å². The van der Waals surface area contributed by atoms with E-state index in [0.29, 0.717) is 11.6 Å². The van der Waals surface area contributed by atoms with Gasteiger partial charge >= 0.3 is 0 Å². The first kappa shape index (κ1) is 24.1. The van der Waals surface area contributed by atoms with E-state index in [1.807, 2.05) is 6.92 Å². The van der Waals surface area contributed by atoms with Crippen molar-refractivity contribution in [3.63, 3.8) is 0 Å². The molecule has 0 aliphatic heterocycles. The molecule has 0 radical (unpaired) electrons. The Labute approximate surface area is 194 Å². The molecule has 168 valence electrons. The first-order valence-electron chi connectivity index (χ1n) is 9.32. The van der Waals surface area contributed by atoms with E-state index in [1.54, 1.807) is 30.3 Å². The standard InChI is InChI=1S/C22H18Cl2F2N2O3S/c1-14-5-8-16(9-6-14)32(30,31)28(12-17-18(23)3-2-4-19(17)24)13-22(29)27-21-10-7-15(25)11-20(21)26/h2-11H,12-13H2,1H3,(H,27,29). The van der Waals surface area contributed by atoms with Crippen LogP contribution >= 0.6 is 23.2 Å². The van der Waals surface area contributed by atoms with Gasteiger partial charge in [0.15, 0.2) is 0 Å². The average Bonchev–Trinajstić information content (AvgIpc) is 2.72. The van der Waals surface area contributed by atoms with Crippen molar-refractivity contribution in [2.24, 2.45) is 0 Å². The number of benzene rings is 3. The summed E-state index contributed by atoms with van der Waals surface area (Å²) in [4.78, 5) is 12.6. The molecule has 0 saturated carbocycles. The summed E-state index contributed by atoms with van der Waals surface area (Å²) < 4.78 is 54.5. The van der Waals surface area contributed by atoms with Gasteiger partial charge in [-0.15, -0.1) is 0 Å². The number of halogens is 4. The molecule has 3 rings (SSSR count). The molecule has 32 heavy (non-hydrogen) atoms. The molecule has 0 atom stereocenters. The molecule has 3 aromatic carbocycles. The Kier molecular flexibility index (Phi) is 7.51. The number of rotatable bonds is 7. The van der Waals surface area contributed by atoms with Crippen LogP contribution in [-0.4, -0.2) is 25.2 Å². The number of nitrogens with one attached hydrogen (secondary N) is 1. The van der Waals surface area contributed by atoms with E-state index in [1.165, 1.54) is 12.1 Å². The lowest BCUT2D eigenvalue weighted by molar-refractivity contribution is -0.116. The lowest BCUT2D eigenvalue weighted by Gasteiger charge is -2.23. The van der Waals surface area contributed by atoms with Gasteiger partial charge in [-0.05, 0) is 43.3 Å². The quantitative estimate of drug-likeness (QED) is 0.473. The number of carbonyl (C=O) groups is 1. The molecule has 0 fully saturated rings. The van der Waals surface area contributed by atoms with Crippen LogP contribution in [0.1, 0.15) is 11.1 Å². The molecule has 5 nitrogen and oxygen atoms in total. The number of sulfonamides is 1. The van der Waals surface area contributed by atoms with Crippen molar-refractivity contribution in [2.75, 3.05) is 11.9 Å². The van der Waals surface area contributed by atoms with Gasteiger partial charge in [0, 0.05) is 28.2 Å². The Balaban J connectivity index is 1.94. The van der Waals surface area contributed by atoms with Gasteiger partial charge in [0.2, 0.25) is 15.9 Å². The van der Waals surface area contributed by atoms with E-state index < -0.39 is 34.1 Å². The molecule has 0 saturated heterocycles. The van der Waals surface area contributed by atoms with Crippen LogP contribution in [0.2, 0.25) is 10.0 Å². The molecule has 0 aliphatic carbocycles. The summed E-state index contributed by atoms with van der Waals surface area (Å²) in [6, 6.07) is 13.4. The monoisotopic (exact) mass is 498 g/mol. The van der Waals surface area contributed by atoms with Gasteiger partial charge in [-0.3, -0.25) is 4.79 Å². The second-order valence-electron chi connectivity index (χ2n) is 6.96. The highest BCUT2D eigenvalue weighted by Gasteiger charge is 2.28. The summed E-state index contributed by atoms with van der Waals surface area (Å²) in [7, 11) is -4.15. The van der Waals surface area contributed by atoms with Crippen LogP contribution in [0.5, 0.6) is 0 Å². The maximum atomic E-state index is 13.9. The van der Waals surface area contributed by atoms with Gasteiger partial charge in [-0.2, -0.15) is 4.31 Å². The van der Waals surface area contributed by atoms with E-state index in [9.17, 15) is 22.0 Å². The Bertz CT molecular complexity index is 1230. The molecule has 0 bridgehead atoms. The lowest BCUT2D eigenvalue weighted by atomic mass is 10.2. The van der Waals surface area contributed by atoms with Crippen molar-refractivity contribution < 1.29 is 22.0 Å². The molecule has 0 heterocycles. The van der Waals surface area contributed by atoms with Gasteiger partial charge in [0.05, 0.1) is 17.1 Å². The molecule has 10 heteroatoms. The van der Waals surface area contributed by atoms with Crippen molar-refractivity contribution in [2.45, 2.75) is 18.4 Å². The predicted molar refractivity (Wildman–Crippen MR) is 120 cm³/mol. The van der Waals surface area contributed by atoms with Crippen LogP contribution in [0, 0.1) is 18.6 Å². The Morgan fingerprint density at radius 3 is 2.22 bits per heavy atom. The average molecular weight is 499 g/mol. The summed E-state index contributed by atoms with van der Waals surface area (Å²) >= 11 is 12.4. The van der Waals surface area contributed by atoms with Gasteiger partial charge in [-0.1, -0.05) is 47.0 Å². The molecule has 3 aromatic rings. The molecule has 0 unspecified atom stereocenters. The Hall–Kier alpha value is -2.52. The zero-order valence-corrected chi connectivity index (χ0v) is 19.1. The highest BCUT2D eigenvalue weighted by molar-refractivity contribution is 7.89. The number of hydrogen-bond acceptors (Lipinski definition) is 3. The second-order valence-corrected chi connectivity index (χ2v) is 9.71. The maximum Gasteiger partial charge on any atom is 0.243 e. The Morgan fingerprint density at radius 2 is 1.62 bits per heavy atom. The second kappa shape index (κ2) is 9.95. The van der Waals surface area contributed by atoms with Crippen LogP contribution in [0.4, 0.5) is 14.5 Å². The van der Waals surface area contributed by atoms with Gasteiger partial charge in [0.25, 0.3) is 0 Å². The fourth-order valence-corrected chi connectivity index (χ4v) is 4.77. The third-order valence-corrected chi connectivity index (χ3v) is 7.09. The van der Waals surface area contributed by atoms with E-state index in [2.05, 4.69) is 5.32 Å². The molecular weight excluding hydrogens is 481 g/mol. The van der Waals surface area contributed by atoms with Crippen molar-refractivity contribution in [1.82, 2.24) is 4.31 Å². The number of anilines is 1. The zero-order chi connectivity index (χ0) is 23.5. The minimum absolute atomic E-state index is 0.0351. The van der Waals surface area contributed by atoms with Crippen LogP contribution < -0.4 is 5.32 Å². The fraction of sp³-hybridized carbons (Fsp3) is 0.136. The highest BCUT2D eigenvalue weighted by atomic mass is 35.5. The lowest BCUT2D eigenvalue weighted by Crippen LogP contribution is -2.37. The molecule has 1 N–H and O–H groups in total. The predicted octanol–water partition coefficient (Wildman–Crippen LogP) is 5.41. The molecular formula is C22H18Cl2F2N2O3S. The minimum atomic E-state index is -4.15. The molecule has 0 aliphatic rings. The third-order valence-electron chi connectivity index (χ3n) is 4.58. The van der Waals surface area contributed by atoms with E-state index in [-0.39, 0.29) is 27.2 Å². The summed E-state index contributed by atoms with van der Waals surface area (Å²) in [6.45, 7) is 0.852. The van der Waals surface area contributed by atoms with E-state index in [0.717, 1.165) is 22.0 Å². The first-order chi connectivity index (χ1) is 15.1. The van der Waals surface area contributed by atoms with Crippen LogP contribution in [0.3, 0.4) is 0 Å². The number of amides is 1. The first-order valence-corrected chi connectivity index (χ1v) is 11.5. The number of carbonyl (C=O) groups excluding carboxylic acids is 1. The number of aryl methyl sites for hydroxylation is 1. The fourth-order valence-electron chi connectivity index (χ4n) is 2.89. The topological polar surface area (TPSA) is 66.5 Å². The SMILES string of the molecule is Cc1ccc(S(=O)(=O)N(CC(=O)Nc2ccc(F)cc2F)Cc2c(Cl)cccc2Cl)cc1. The van der Waals surface area contributed by atoms with Gasteiger partial charge < -0.3 is 5.32 Å². The smallest absolute Gasteiger partial charge is 0.243 e. The van der Waals surface area contributed by atoms with Crippen molar-refractivity contribution >= 4 is 44.8 Å². The van der Waals surface area contributed by atoms with Crippen LogP contribution in [-0.2, 0) is 21.4 Å². The largest absolute Gasteiger partial charge is 0.322 e. The van der Waals surface area contributed by atoms with Crippen molar-refractivity contribution in [1.29, 1.82) is 0 Å². The summed E-state index contributed by atoms with van der Waals surface area (Å²) in [5, 5.41) is 2.72. The van der Waals surface area contributed by atoms with Crippen LogP contribution in [0.15, 0.2) is 65.6 Å². The van der Waals surface area contributed by atoms with Crippen LogP contribution in [0.25, 0.3) is 0 Å². The minimum Gasteiger partial charge on any atom is -0.322 e. The maximum absolute atomic E-state index is 13.9. The van der Waals surface area contributed by atoms with Gasteiger partial charge in [-0.25, -0.2) is 17.2 Å². The molecule has 0 aromatic heterocycles. The van der Waals surface area contributed by atoms with Gasteiger partial charge in [0.1, 0.15) is 11.6 Å². The number of nitrogens with zero attached hydrogens (tertiary/aromatic N) is 1. The summed E-state index contributed by atoms with van der Waals surface area (Å²) in [5.74, 6) is -2.62. The Morgan fingerprint density at radius 1 is 1.00 bits per heavy atom. The zero-order valence-electron chi connectivity index (χ0n) is 16.8. The molecule has 0 spiro atoms. The summed E-state index contributed by atoms with van der Waals surface area (Å²) in [5.41, 5.74) is 0.890. The highest BCUT2D eigenvalue weighted by Crippen LogP contribution is 2.28.